The molecule has 98 heavy (non-hydrogen) atoms. The minimum Gasteiger partial charge on any atom is -0.465 e. The van der Waals surface area contributed by atoms with Crippen LogP contribution in [0.4, 0.5) is 0 Å². The van der Waals surface area contributed by atoms with Crippen LogP contribution in [0, 0.1) is 0 Å². The van der Waals surface area contributed by atoms with Crippen LogP contribution in [-0.2, 0) is 89.3 Å². The first-order valence-corrected chi connectivity index (χ1v) is 32.0. The van der Waals surface area contributed by atoms with Gasteiger partial charge in [0.2, 0.25) is 0 Å². The molecule has 9 rings (SSSR count). The summed E-state index contributed by atoms with van der Waals surface area (Å²) in [4.78, 5) is 104. The molecular weight excluding hydrogens is 1240 g/mol. The third-order valence-electron chi connectivity index (χ3n) is 17.9. The summed E-state index contributed by atoms with van der Waals surface area (Å²) in [5.74, 6) is -5.29. The molecule has 0 saturated heterocycles. The predicted octanol–water partition coefficient (Wildman–Crippen LogP) is 14.3. The van der Waals surface area contributed by atoms with Crippen molar-refractivity contribution in [1.82, 2.24) is 0 Å². The number of benzene rings is 9. The van der Waals surface area contributed by atoms with Crippen LogP contribution in [0.3, 0.4) is 0 Å². The largest absolute Gasteiger partial charge is 0.465 e. The lowest BCUT2D eigenvalue weighted by Crippen LogP contribution is -2.21. The highest BCUT2D eigenvalue weighted by Gasteiger charge is 2.32. The van der Waals surface area contributed by atoms with Gasteiger partial charge in [0, 0.05) is 0 Å². The third kappa shape index (κ3) is 18.2. The molecule has 502 valence electrons. The zero-order valence-electron chi connectivity index (χ0n) is 56.1. The van der Waals surface area contributed by atoms with Gasteiger partial charge in [0.15, 0.2) is 0 Å². The van der Waals surface area contributed by atoms with E-state index in [1.54, 1.807) is 97.1 Å². The van der Waals surface area contributed by atoms with Gasteiger partial charge in [-0.05, 0) is 239 Å². The fourth-order valence-electron chi connectivity index (χ4n) is 12.7. The van der Waals surface area contributed by atoms with Crippen molar-refractivity contribution >= 4 is 47.8 Å². The number of ether oxygens (including phenoxy) is 8. The van der Waals surface area contributed by atoms with Crippen molar-refractivity contribution in [2.45, 2.75) is 75.0 Å². The second-order valence-electron chi connectivity index (χ2n) is 24.0. The van der Waals surface area contributed by atoms with E-state index in [1.807, 2.05) is 97.1 Å². The molecule has 0 heterocycles. The summed E-state index contributed by atoms with van der Waals surface area (Å²) in [6.45, 7) is 0. The monoisotopic (exact) mass is 1320 g/mol. The van der Waals surface area contributed by atoms with E-state index in [2.05, 4.69) is 12.1 Å². The van der Waals surface area contributed by atoms with Gasteiger partial charge in [-0.1, -0.05) is 109 Å². The van der Waals surface area contributed by atoms with Gasteiger partial charge in [-0.25, -0.2) is 38.4 Å². The summed E-state index contributed by atoms with van der Waals surface area (Å²) in [6.07, 6.45) is 3.54. The van der Waals surface area contributed by atoms with Crippen LogP contribution in [0.5, 0.6) is 0 Å². The number of hydrogen-bond acceptors (Lipinski definition) is 16. The molecule has 0 saturated carbocycles. The van der Waals surface area contributed by atoms with Gasteiger partial charge >= 0.3 is 47.8 Å². The molecule has 0 aliphatic heterocycles. The SMILES string of the molecule is COC(=O)c1ccc(CC(Cc2ccc(C(=O)OC)cc2)c2cc(C(Cc3ccc(C(=O)OC)cc3)Cc3ccc(C(=O)OC)cc3)c(C(Cc3ccc(C(=O)OC)cc3)Cc3ccc(C(=O)OC)cc3)cc2C(Cc2ccc(C(=O)OC)cc2)Cc2ccc(C(=O)OC)cc2)cc1. The van der Waals surface area contributed by atoms with E-state index in [4.69, 9.17) is 37.9 Å². The van der Waals surface area contributed by atoms with Gasteiger partial charge in [-0.2, -0.15) is 0 Å². The Labute approximate surface area is 570 Å². The molecule has 0 aromatic heterocycles. The topological polar surface area (TPSA) is 210 Å². The van der Waals surface area contributed by atoms with Crippen LogP contribution < -0.4 is 0 Å². The minimum atomic E-state index is -0.484. The summed E-state index contributed by atoms with van der Waals surface area (Å²) in [7, 11) is 10.7. The Morgan fingerprint density at radius 3 is 0.388 bits per heavy atom. The maximum absolute atomic E-state index is 13.0. The van der Waals surface area contributed by atoms with Gasteiger partial charge in [-0.15, -0.1) is 0 Å². The lowest BCUT2D eigenvalue weighted by molar-refractivity contribution is 0.0592. The number of rotatable bonds is 28. The molecular formula is C82H78O16. The van der Waals surface area contributed by atoms with E-state index in [-0.39, 0.29) is 23.7 Å². The normalized spacial score (nSPS) is 11.1. The Bertz CT molecular complexity index is 3460. The van der Waals surface area contributed by atoms with Gasteiger partial charge in [0.05, 0.1) is 101 Å². The van der Waals surface area contributed by atoms with Crippen LogP contribution in [0.25, 0.3) is 0 Å². The van der Waals surface area contributed by atoms with Crippen molar-refractivity contribution in [3.05, 3.63) is 318 Å². The number of methoxy groups -OCH3 is 8. The standard InChI is InChI=1S/C82H78O16/c1-91-75(83)59-25-9-51(10-26-59)41-67(42-52-11-27-60(28-12-52)76(84)92-2)71-49-73(69(45-55-17-33-63(34-18-55)79(87)95-5)46-56-19-35-64(36-20-56)80(88)96-6)74(70(47-57-21-37-65(38-22-57)81(89)97-7)48-58-23-39-66(40-24-58)82(90)98-8)50-72(71)68(43-53-13-29-61(30-14-53)77(85)93-3)44-54-15-31-62(32-16-54)78(86)94-4/h9-40,49-50,67-70H,41-48H2,1-8H3. The molecule has 0 bridgehead atoms. The summed E-state index contributed by atoms with van der Waals surface area (Å²) >= 11 is 0. The molecule has 0 atom stereocenters. The van der Waals surface area contributed by atoms with E-state index in [0.29, 0.717) is 95.9 Å². The summed E-state index contributed by atoms with van der Waals surface area (Å²) < 4.78 is 41.1. The maximum Gasteiger partial charge on any atom is 0.337 e. The molecule has 16 nitrogen and oxygen atoms in total. The zero-order valence-corrected chi connectivity index (χ0v) is 56.1. The molecule has 0 unspecified atom stereocenters. The molecule has 0 N–H and O–H groups in total. The van der Waals surface area contributed by atoms with E-state index in [1.165, 1.54) is 56.9 Å². The quantitative estimate of drug-likeness (QED) is 0.0330. The van der Waals surface area contributed by atoms with Crippen LogP contribution in [0.2, 0.25) is 0 Å². The third-order valence-corrected chi connectivity index (χ3v) is 17.9. The molecule has 0 spiro atoms. The Morgan fingerprint density at radius 1 is 0.194 bits per heavy atom. The van der Waals surface area contributed by atoms with Crippen molar-refractivity contribution in [3.8, 4) is 0 Å². The summed E-state index contributed by atoms with van der Waals surface area (Å²) in [6, 6.07) is 63.7. The Hall–Kier alpha value is -11.3. The average Bonchev–Trinajstić information content (AvgIpc) is 0.763. The van der Waals surface area contributed by atoms with Gasteiger partial charge < -0.3 is 37.9 Å². The van der Waals surface area contributed by atoms with Gasteiger partial charge in [-0.3, -0.25) is 0 Å². The molecule has 0 aliphatic carbocycles. The highest BCUT2D eigenvalue weighted by molar-refractivity contribution is 5.93. The van der Waals surface area contributed by atoms with Crippen molar-refractivity contribution in [2.75, 3.05) is 56.9 Å². The lowest BCUT2D eigenvalue weighted by Gasteiger charge is -2.33. The maximum atomic E-state index is 13.0. The Kier molecular flexibility index (Phi) is 24.6. The highest BCUT2D eigenvalue weighted by atomic mass is 16.5. The van der Waals surface area contributed by atoms with Crippen molar-refractivity contribution in [2.24, 2.45) is 0 Å². The lowest BCUT2D eigenvalue weighted by atomic mass is 9.71. The van der Waals surface area contributed by atoms with Crippen molar-refractivity contribution in [3.63, 3.8) is 0 Å². The molecule has 0 amide bonds. The van der Waals surface area contributed by atoms with E-state index in [9.17, 15) is 38.4 Å². The smallest absolute Gasteiger partial charge is 0.337 e. The van der Waals surface area contributed by atoms with Crippen LogP contribution in [0.15, 0.2) is 206 Å². The van der Waals surface area contributed by atoms with Gasteiger partial charge in [0.25, 0.3) is 0 Å². The first-order chi connectivity index (χ1) is 47.4. The highest BCUT2D eigenvalue weighted by Crippen LogP contribution is 2.44. The van der Waals surface area contributed by atoms with Crippen LogP contribution in [0.1, 0.15) is 173 Å². The Morgan fingerprint density at radius 2 is 0.296 bits per heavy atom. The van der Waals surface area contributed by atoms with E-state index < -0.39 is 47.8 Å². The van der Waals surface area contributed by atoms with Crippen molar-refractivity contribution in [1.29, 1.82) is 0 Å². The van der Waals surface area contributed by atoms with Gasteiger partial charge in [0.1, 0.15) is 0 Å². The summed E-state index contributed by atoms with van der Waals surface area (Å²) in [5, 5.41) is 0. The fourth-order valence-corrected chi connectivity index (χ4v) is 12.7. The van der Waals surface area contributed by atoms with Crippen molar-refractivity contribution < 1.29 is 76.3 Å². The fraction of sp³-hybridized carbons (Fsp3) is 0.244. The van der Waals surface area contributed by atoms with Crippen LogP contribution in [-0.4, -0.2) is 105 Å². The molecule has 16 heteroatoms. The zero-order chi connectivity index (χ0) is 69.8. The minimum absolute atomic E-state index is 0.355. The number of hydrogen-bond donors (Lipinski definition) is 0. The predicted molar refractivity (Wildman–Crippen MR) is 369 cm³/mol. The molecule has 0 aliphatic rings. The number of carbonyl (C=O) groups is 8. The number of carbonyl (C=O) groups excluding carboxylic acids is 8. The Balaban J connectivity index is 1.41. The molecule has 0 fully saturated rings. The second kappa shape index (κ2) is 33.9. The second-order valence-corrected chi connectivity index (χ2v) is 24.0. The number of esters is 8. The van der Waals surface area contributed by atoms with E-state index >= 15 is 0 Å². The molecule has 0 radical (unpaired) electrons. The van der Waals surface area contributed by atoms with Crippen LogP contribution >= 0.6 is 0 Å². The first-order valence-electron chi connectivity index (χ1n) is 32.0. The molecule has 9 aromatic rings. The first kappa shape index (κ1) is 71.0. The molecule has 9 aromatic carbocycles. The average molecular weight is 1320 g/mol. The van der Waals surface area contributed by atoms with E-state index in [0.717, 1.165) is 66.8 Å². The summed E-state index contributed by atoms with van der Waals surface area (Å²) in [5.41, 5.74) is 14.3.